The Morgan fingerprint density at radius 2 is 2.00 bits per heavy atom. The molecule has 1 N–H and O–H groups in total. The standard InChI is InChI=1S/C16H22N4O2S/c1-12-9-16(19-18-12)15-4-3-14(11-17-15)10-13-5-7-20(8-6-13)23(2,21)22/h3-4,9,11,13H,5-8,10H2,1-2H3,(H,18,19). The molecule has 0 amide bonds. The van der Waals surface area contributed by atoms with Crippen LogP contribution in [0.25, 0.3) is 11.4 Å². The van der Waals surface area contributed by atoms with Crippen LogP contribution in [0.4, 0.5) is 0 Å². The lowest BCUT2D eigenvalue weighted by Crippen LogP contribution is -2.38. The van der Waals surface area contributed by atoms with Gasteiger partial charge in [0.05, 0.1) is 11.9 Å². The zero-order chi connectivity index (χ0) is 16.4. The molecule has 0 aromatic carbocycles. The van der Waals surface area contributed by atoms with Gasteiger partial charge in [0.2, 0.25) is 10.0 Å². The number of piperidine rings is 1. The molecular formula is C16H22N4O2S. The quantitative estimate of drug-likeness (QED) is 0.927. The summed E-state index contributed by atoms with van der Waals surface area (Å²) in [6.07, 6.45) is 5.96. The van der Waals surface area contributed by atoms with Crippen molar-refractivity contribution in [3.8, 4) is 11.4 Å². The summed E-state index contributed by atoms with van der Waals surface area (Å²) in [6, 6.07) is 6.06. The normalized spacial score (nSPS) is 17.5. The van der Waals surface area contributed by atoms with E-state index in [4.69, 9.17) is 0 Å². The van der Waals surface area contributed by atoms with E-state index in [-0.39, 0.29) is 0 Å². The van der Waals surface area contributed by atoms with Crippen molar-refractivity contribution in [1.82, 2.24) is 19.5 Å². The number of rotatable bonds is 4. The van der Waals surface area contributed by atoms with Gasteiger partial charge in [0.25, 0.3) is 0 Å². The summed E-state index contributed by atoms with van der Waals surface area (Å²) in [5.41, 5.74) is 3.93. The minimum absolute atomic E-state index is 0.522. The first kappa shape index (κ1) is 16.1. The van der Waals surface area contributed by atoms with Crippen LogP contribution in [0.15, 0.2) is 24.4 Å². The average molecular weight is 334 g/mol. The van der Waals surface area contributed by atoms with Crippen molar-refractivity contribution in [3.63, 3.8) is 0 Å². The molecule has 0 radical (unpaired) electrons. The van der Waals surface area contributed by atoms with Gasteiger partial charge in [-0.3, -0.25) is 10.1 Å². The molecular weight excluding hydrogens is 312 g/mol. The first-order chi connectivity index (χ1) is 10.9. The SMILES string of the molecule is Cc1cc(-c2ccc(CC3CCN(S(C)(=O)=O)CC3)cn2)n[nH]1. The van der Waals surface area contributed by atoms with Crippen LogP contribution in [0.1, 0.15) is 24.1 Å². The van der Waals surface area contributed by atoms with E-state index < -0.39 is 10.0 Å². The highest BCUT2D eigenvalue weighted by Crippen LogP contribution is 2.23. The van der Waals surface area contributed by atoms with Crippen LogP contribution in [-0.4, -0.2) is 47.2 Å². The van der Waals surface area contributed by atoms with Crippen LogP contribution in [0.5, 0.6) is 0 Å². The van der Waals surface area contributed by atoms with Crippen molar-refractivity contribution in [2.45, 2.75) is 26.2 Å². The van der Waals surface area contributed by atoms with Gasteiger partial charge in [-0.05, 0) is 49.8 Å². The smallest absolute Gasteiger partial charge is 0.211 e. The Bertz CT molecular complexity index is 760. The molecule has 0 bridgehead atoms. The highest BCUT2D eigenvalue weighted by atomic mass is 32.2. The number of pyridine rings is 1. The fourth-order valence-electron chi connectivity index (χ4n) is 3.02. The molecule has 7 heteroatoms. The molecule has 1 saturated heterocycles. The van der Waals surface area contributed by atoms with E-state index in [9.17, 15) is 8.42 Å². The van der Waals surface area contributed by atoms with E-state index in [1.165, 1.54) is 11.8 Å². The molecule has 0 atom stereocenters. The maximum atomic E-state index is 11.5. The molecule has 0 aliphatic carbocycles. The molecule has 124 valence electrons. The van der Waals surface area contributed by atoms with Crippen molar-refractivity contribution >= 4 is 10.0 Å². The predicted octanol–water partition coefficient (Wildman–Crippen LogP) is 1.99. The second-order valence-corrected chi connectivity index (χ2v) is 8.28. The Labute approximate surface area is 137 Å². The lowest BCUT2D eigenvalue weighted by atomic mass is 9.91. The number of hydrogen-bond donors (Lipinski definition) is 1. The number of H-pyrrole nitrogens is 1. The number of hydrogen-bond acceptors (Lipinski definition) is 4. The van der Waals surface area contributed by atoms with Gasteiger partial charge in [0, 0.05) is 25.0 Å². The van der Waals surface area contributed by atoms with Gasteiger partial charge in [0.1, 0.15) is 5.69 Å². The molecule has 0 unspecified atom stereocenters. The summed E-state index contributed by atoms with van der Waals surface area (Å²) >= 11 is 0. The molecule has 3 heterocycles. The molecule has 6 nitrogen and oxygen atoms in total. The monoisotopic (exact) mass is 334 g/mol. The Morgan fingerprint density at radius 3 is 2.52 bits per heavy atom. The van der Waals surface area contributed by atoms with Gasteiger partial charge in [-0.15, -0.1) is 0 Å². The summed E-state index contributed by atoms with van der Waals surface area (Å²) in [5, 5.41) is 7.13. The fourth-order valence-corrected chi connectivity index (χ4v) is 3.90. The first-order valence-corrected chi connectivity index (χ1v) is 9.69. The summed E-state index contributed by atoms with van der Waals surface area (Å²) in [5.74, 6) is 0.522. The topological polar surface area (TPSA) is 79.0 Å². The van der Waals surface area contributed by atoms with Gasteiger partial charge in [0.15, 0.2) is 0 Å². The largest absolute Gasteiger partial charge is 0.282 e. The van der Waals surface area contributed by atoms with Gasteiger partial charge < -0.3 is 0 Å². The van der Waals surface area contributed by atoms with E-state index in [1.807, 2.05) is 25.3 Å². The lowest BCUT2D eigenvalue weighted by molar-refractivity contribution is 0.274. The van der Waals surface area contributed by atoms with Crippen molar-refractivity contribution in [2.24, 2.45) is 5.92 Å². The van der Waals surface area contributed by atoms with Crippen LogP contribution in [-0.2, 0) is 16.4 Å². The predicted molar refractivity (Wildman–Crippen MR) is 89.4 cm³/mol. The Balaban J connectivity index is 1.59. The van der Waals surface area contributed by atoms with Crippen molar-refractivity contribution in [2.75, 3.05) is 19.3 Å². The van der Waals surface area contributed by atoms with Crippen LogP contribution < -0.4 is 0 Å². The molecule has 3 rings (SSSR count). The molecule has 2 aromatic heterocycles. The molecule has 1 aliphatic rings. The number of aromatic amines is 1. The van der Waals surface area contributed by atoms with Gasteiger partial charge in [-0.1, -0.05) is 6.07 Å². The number of sulfonamides is 1. The van der Waals surface area contributed by atoms with Crippen LogP contribution in [0.2, 0.25) is 0 Å². The van der Waals surface area contributed by atoms with E-state index in [0.29, 0.717) is 19.0 Å². The zero-order valence-corrected chi connectivity index (χ0v) is 14.3. The Hall–Kier alpha value is -1.73. The summed E-state index contributed by atoms with van der Waals surface area (Å²) in [6.45, 7) is 3.22. The van der Waals surface area contributed by atoms with Gasteiger partial charge in [-0.25, -0.2) is 12.7 Å². The third kappa shape index (κ3) is 3.97. The van der Waals surface area contributed by atoms with Crippen molar-refractivity contribution in [3.05, 3.63) is 35.7 Å². The number of nitrogens with zero attached hydrogens (tertiary/aromatic N) is 3. The van der Waals surface area contributed by atoms with Gasteiger partial charge >= 0.3 is 0 Å². The lowest BCUT2D eigenvalue weighted by Gasteiger charge is -2.30. The first-order valence-electron chi connectivity index (χ1n) is 7.84. The van der Waals surface area contributed by atoms with E-state index in [1.54, 1.807) is 4.31 Å². The average Bonchev–Trinajstić information content (AvgIpc) is 2.94. The summed E-state index contributed by atoms with van der Waals surface area (Å²) in [4.78, 5) is 4.49. The number of aromatic nitrogens is 3. The fraction of sp³-hybridized carbons (Fsp3) is 0.500. The van der Waals surface area contributed by atoms with Crippen LogP contribution in [0.3, 0.4) is 0 Å². The molecule has 1 aliphatic heterocycles. The van der Waals surface area contributed by atoms with Crippen molar-refractivity contribution in [1.29, 1.82) is 0 Å². The maximum Gasteiger partial charge on any atom is 0.211 e. The van der Waals surface area contributed by atoms with E-state index >= 15 is 0 Å². The molecule has 1 fully saturated rings. The molecule has 0 saturated carbocycles. The van der Waals surface area contributed by atoms with Gasteiger partial charge in [-0.2, -0.15) is 5.10 Å². The third-order valence-electron chi connectivity index (χ3n) is 4.36. The highest BCUT2D eigenvalue weighted by Gasteiger charge is 2.24. The molecule has 23 heavy (non-hydrogen) atoms. The minimum Gasteiger partial charge on any atom is -0.282 e. The zero-order valence-electron chi connectivity index (χ0n) is 13.5. The van der Waals surface area contributed by atoms with Crippen LogP contribution >= 0.6 is 0 Å². The Morgan fingerprint density at radius 1 is 1.26 bits per heavy atom. The highest BCUT2D eigenvalue weighted by molar-refractivity contribution is 7.88. The third-order valence-corrected chi connectivity index (χ3v) is 5.66. The molecule has 0 spiro atoms. The van der Waals surface area contributed by atoms with E-state index in [2.05, 4.69) is 21.2 Å². The van der Waals surface area contributed by atoms with Crippen molar-refractivity contribution < 1.29 is 8.42 Å². The summed E-state index contributed by atoms with van der Waals surface area (Å²) in [7, 11) is -3.05. The van der Waals surface area contributed by atoms with Crippen LogP contribution in [0, 0.1) is 12.8 Å². The number of aryl methyl sites for hydroxylation is 1. The molecule has 2 aromatic rings. The van der Waals surface area contributed by atoms with E-state index in [0.717, 1.165) is 36.3 Å². The second-order valence-electron chi connectivity index (χ2n) is 6.30. The number of nitrogens with one attached hydrogen (secondary N) is 1. The Kier molecular flexibility index (Phi) is 4.50. The summed E-state index contributed by atoms with van der Waals surface area (Å²) < 4.78 is 24.6. The maximum absolute atomic E-state index is 11.5. The minimum atomic E-state index is -3.05. The second kappa shape index (κ2) is 6.41.